The van der Waals surface area contributed by atoms with E-state index >= 15 is 0 Å². The number of thiazole rings is 1. The molecular weight excluding hydrogens is 384 g/mol. The van der Waals surface area contributed by atoms with Crippen LogP contribution in [0, 0.1) is 0 Å². The van der Waals surface area contributed by atoms with E-state index < -0.39 is 12.1 Å². The van der Waals surface area contributed by atoms with Gasteiger partial charge in [-0.15, -0.1) is 11.3 Å². The van der Waals surface area contributed by atoms with Crippen LogP contribution in [0.25, 0.3) is 27.1 Å². The summed E-state index contributed by atoms with van der Waals surface area (Å²) in [4.78, 5) is 29.0. The molecule has 0 aliphatic rings. The van der Waals surface area contributed by atoms with E-state index in [0.717, 1.165) is 21.0 Å². The molecule has 29 heavy (non-hydrogen) atoms. The normalized spacial score (nSPS) is 12.3. The maximum absolute atomic E-state index is 12.5. The number of hydrogen-bond acceptors (Lipinski definition) is 5. The third-order valence-electron chi connectivity index (χ3n) is 4.38. The predicted octanol–water partition coefficient (Wildman–Crippen LogP) is 5.03. The first-order chi connectivity index (χ1) is 14.1. The van der Waals surface area contributed by atoms with Gasteiger partial charge in [-0.1, -0.05) is 48.5 Å². The highest BCUT2D eigenvalue weighted by Gasteiger charge is 2.17. The van der Waals surface area contributed by atoms with Gasteiger partial charge >= 0.3 is 5.97 Å². The lowest BCUT2D eigenvalue weighted by atomic mass is 10.1. The van der Waals surface area contributed by atoms with Gasteiger partial charge in [0.15, 0.2) is 6.10 Å². The zero-order chi connectivity index (χ0) is 20.2. The Balaban J connectivity index is 1.39. The highest BCUT2D eigenvalue weighted by Crippen LogP contribution is 2.24. The second-order valence-corrected chi connectivity index (χ2v) is 7.51. The first-order valence-corrected chi connectivity index (χ1v) is 9.95. The number of amides is 1. The highest BCUT2D eigenvalue weighted by atomic mass is 32.1. The number of benzene rings is 3. The van der Waals surface area contributed by atoms with Crippen LogP contribution in [-0.2, 0) is 14.3 Å². The van der Waals surface area contributed by atoms with Crippen LogP contribution in [0.5, 0.6) is 0 Å². The molecule has 1 aromatic heterocycles. The zero-order valence-corrected chi connectivity index (χ0v) is 16.5. The third kappa shape index (κ3) is 4.33. The van der Waals surface area contributed by atoms with E-state index in [4.69, 9.17) is 4.74 Å². The maximum atomic E-state index is 12.5. The fourth-order valence-electron chi connectivity index (χ4n) is 2.94. The van der Waals surface area contributed by atoms with Crippen LogP contribution in [0.1, 0.15) is 11.9 Å². The minimum Gasteiger partial charge on any atom is -0.449 e. The van der Waals surface area contributed by atoms with E-state index in [1.807, 2.05) is 66.7 Å². The number of nitrogens with zero attached hydrogens (tertiary/aromatic N) is 1. The summed E-state index contributed by atoms with van der Waals surface area (Å²) < 4.78 is 6.28. The van der Waals surface area contributed by atoms with Gasteiger partial charge in [-0.3, -0.25) is 4.79 Å². The Morgan fingerprint density at radius 3 is 2.66 bits per heavy atom. The van der Waals surface area contributed by atoms with Crippen molar-refractivity contribution >= 4 is 56.0 Å². The molecule has 0 saturated carbocycles. The van der Waals surface area contributed by atoms with Crippen LogP contribution in [0.15, 0.2) is 72.8 Å². The Bertz CT molecular complexity index is 1190. The van der Waals surface area contributed by atoms with Gasteiger partial charge in [0.25, 0.3) is 5.91 Å². The van der Waals surface area contributed by atoms with Gasteiger partial charge in [-0.05, 0) is 36.6 Å². The fourth-order valence-corrected chi connectivity index (χ4v) is 3.81. The molecule has 0 radical (unpaired) electrons. The van der Waals surface area contributed by atoms with Gasteiger partial charge in [0, 0.05) is 17.1 Å². The van der Waals surface area contributed by atoms with Crippen molar-refractivity contribution in [2.24, 2.45) is 0 Å². The van der Waals surface area contributed by atoms with Gasteiger partial charge in [-0.25, -0.2) is 9.78 Å². The summed E-state index contributed by atoms with van der Waals surface area (Å²) in [5.74, 6) is -0.979. The van der Waals surface area contributed by atoms with Crippen LogP contribution in [0.2, 0.25) is 0 Å². The number of rotatable bonds is 5. The molecule has 5 nitrogen and oxygen atoms in total. The Hall–Kier alpha value is -3.51. The van der Waals surface area contributed by atoms with Crippen molar-refractivity contribution in [3.05, 3.63) is 77.8 Å². The van der Waals surface area contributed by atoms with Crippen molar-refractivity contribution in [2.45, 2.75) is 13.0 Å². The molecule has 4 aromatic rings. The van der Waals surface area contributed by atoms with Gasteiger partial charge in [0.2, 0.25) is 0 Å². The predicted molar refractivity (Wildman–Crippen MR) is 117 cm³/mol. The minimum atomic E-state index is -0.929. The van der Waals surface area contributed by atoms with Crippen molar-refractivity contribution < 1.29 is 14.3 Å². The summed E-state index contributed by atoms with van der Waals surface area (Å²) in [6.07, 6.45) is 1.96. The van der Waals surface area contributed by atoms with Crippen molar-refractivity contribution in [3.63, 3.8) is 0 Å². The molecule has 4 rings (SSSR count). The van der Waals surface area contributed by atoms with Gasteiger partial charge in [0.1, 0.15) is 5.01 Å². The van der Waals surface area contributed by atoms with E-state index in [1.54, 1.807) is 13.0 Å². The highest BCUT2D eigenvalue weighted by molar-refractivity contribution is 7.19. The molecule has 0 aliphatic carbocycles. The van der Waals surface area contributed by atoms with Gasteiger partial charge < -0.3 is 10.1 Å². The van der Waals surface area contributed by atoms with Crippen molar-refractivity contribution in [1.29, 1.82) is 0 Å². The molecule has 1 atom stereocenters. The average molecular weight is 402 g/mol. The molecule has 3 aromatic carbocycles. The van der Waals surface area contributed by atoms with Crippen LogP contribution < -0.4 is 5.32 Å². The summed E-state index contributed by atoms with van der Waals surface area (Å²) in [6, 6.07) is 21.2. The van der Waals surface area contributed by atoms with E-state index in [9.17, 15) is 9.59 Å². The smallest absolute Gasteiger partial charge is 0.331 e. The number of esters is 1. The summed E-state index contributed by atoms with van der Waals surface area (Å²) in [6.45, 7) is 1.55. The number of ether oxygens (including phenoxy) is 1. The monoisotopic (exact) mass is 402 g/mol. The number of anilines is 1. The summed E-state index contributed by atoms with van der Waals surface area (Å²) in [7, 11) is 0. The number of aromatic nitrogens is 1. The molecule has 0 bridgehead atoms. The molecule has 0 aliphatic heterocycles. The Morgan fingerprint density at radius 1 is 1.03 bits per heavy atom. The number of fused-ring (bicyclic) bond motifs is 2. The lowest BCUT2D eigenvalue weighted by Crippen LogP contribution is -2.29. The Kier molecular flexibility index (Phi) is 5.35. The van der Waals surface area contributed by atoms with E-state index in [0.29, 0.717) is 10.7 Å². The first-order valence-electron chi connectivity index (χ1n) is 9.13. The molecule has 1 amide bonds. The lowest BCUT2D eigenvalue weighted by molar-refractivity contribution is -0.148. The average Bonchev–Trinajstić information content (AvgIpc) is 3.15. The number of nitrogens with one attached hydrogen (secondary N) is 1. The third-order valence-corrected chi connectivity index (χ3v) is 5.38. The second-order valence-electron chi connectivity index (χ2n) is 6.45. The summed E-state index contributed by atoms with van der Waals surface area (Å²) in [5, 5.41) is 5.49. The topological polar surface area (TPSA) is 68.3 Å². The number of para-hydroxylation sites is 1. The zero-order valence-electron chi connectivity index (χ0n) is 15.7. The molecule has 0 unspecified atom stereocenters. The molecule has 6 heteroatoms. The molecule has 144 valence electrons. The van der Waals surface area contributed by atoms with E-state index in [2.05, 4.69) is 10.3 Å². The van der Waals surface area contributed by atoms with Crippen molar-refractivity contribution in [3.8, 4) is 0 Å². The van der Waals surface area contributed by atoms with Gasteiger partial charge in [-0.2, -0.15) is 0 Å². The van der Waals surface area contributed by atoms with Crippen LogP contribution >= 0.6 is 11.3 Å². The fraction of sp³-hybridized carbons (Fsp3) is 0.0870. The maximum Gasteiger partial charge on any atom is 0.331 e. The van der Waals surface area contributed by atoms with Crippen molar-refractivity contribution in [1.82, 2.24) is 4.98 Å². The van der Waals surface area contributed by atoms with Gasteiger partial charge in [0.05, 0.1) is 10.2 Å². The number of carbonyl (C=O) groups is 2. The lowest BCUT2D eigenvalue weighted by Gasteiger charge is -2.13. The first kappa shape index (κ1) is 18.8. The minimum absolute atomic E-state index is 0.386. The summed E-state index contributed by atoms with van der Waals surface area (Å²) >= 11 is 1.48. The number of carbonyl (C=O) groups excluding carboxylic acids is 2. The van der Waals surface area contributed by atoms with Crippen molar-refractivity contribution in [2.75, 3.05) is 5.32 Å². The Morgan fingerprint density at radius 2 is 1.79 bits per heavy atom. The van der Waals surface area contributed by atoms with E-state index in [1.165, 1.54) is 17.4 Å². The van der Waals surface area contributed by atoms with Crippen LogP contribution in [0.3, 0.4) is 0 Å². The van der Waals surface area contributed by atoms with Crippen LogP contribution in [0.4, 0.5) is 5.69 Å². The second kappa shape index (κ2) is 8.24. The SMILES string of the molecule is C[C@@H](OC(=O)/C=C/c1nc2ccccc2s1)C(=O)Nc1cccc2ccccc12. The molecule has 0 saturated heterocycles. The molecule has 1 N–H and O–H groups in total. The molecule has 0 fully saturated rings. The molecule has 0 spiro atoms. The van der Waals surface area contributed by atoms with Crippen LogP contribution in [-0.4, -0.2) is 23.0 Å². The summed E-state index contributed by atoms with van der Waals surface area (Å²) in [5.41, 5.74) is 1.56. The molecule has 1 heterocycles. The molecular formula is C23H18N2O3S. The number of hydrogen-bond donors (Lipinski definition) is 1. The standard InChI is InChI=1S/C23H18N2O3S/c1-15(23(27)25-18-11-6-8-16-7-2-3-9-17(16)18)28-22(26)14-13-21-24-19-10-4-5-12-20(19)29-21/h2-15H,1H3,(H,25,27)/b14-13+/t15-/m1/s1. The Labute approximate surface area is 171 Å². The quantitative estimate of drug-likeness (QED) is 0.375. The van der Waals surface area contributed by atoms with E-state index in [-0.39, 0.29) is 5.91 Å². The largest absolute Gasteiger partial charge is 0.449 e.